The second-order valence-electron chi connectivity index (χ2n) is 6.63. The molecule has 2 aromatic heterocycles. The van der Waals surface area contributed by atoms with Gasteiger partial charge in [-0.25, -0.2) is 4.98 Å². The molecule has 3 rings (SSSR count). The number of pyridine rings is 1. The van der Waals surface area contributed by atoms with Crippen LogP contribution in [0.5, 0.6) is 0 Å². The maximum Gasteiger partial charge on any atom is 0.312 e. The monoisotopic (exact) mass is 373 g/mol. The van der Waals surface area contributed by atoms with Crippen LogP contribution in [0.2, 0.25) is 0 Å². The first-order valence-electron chi connectivity index (χ1n) is 8.92. The molecule has 0 saturated heterocycles. The summed E-state index contributed by atoms with van der Waals surface area (Å²) in [4.78, 5) is 32.6. The first kappa shape index (κ1) is 18.5. The zero-order valence-electron chi connectivity index (χ0n) is 14.8. The topological polar surface area (TPSA) is 81.2 Å². The molecule has 0 bridgehead atoms. The van der Waals surface area contributed by atoms with Crippen molar-refractivity contribution in [1.29, 1.82) is 0 Å². The quantitative estimate of drug-likeness (QED) is 0.787. The number of thiazole rings is 1. The summed E-state index contributed by atoms with van der Waals surface area (Å²) in [6, 6.07) is 5.80. The zero-order valence-corrected chi connectivity index (χ0v) is 15.6. The third-order valence-electron chi connectivity index (χ3n) is 4.58. The molecule has 0 radical (unpaired) electrons. The number of carbonyl (C=O) groups is 2. The predicted octanol–water partition coefficient (Wildman–Crippen LogP) is 2.99. The number of rotatable bonds is 6. The van der Waals surface area contributed by atoms with Gasteiger partial charge in [0, 0.05) is 17.6 Å². The average molecular weight is 373 g/mol. The molecule has 1 fully saturated rings. The predicted molar refractivity (Wildman–Crippen MR) is 99.6 cm³/mol. The number of amides is 1. The molecule has 7 heteroatoms. The second-order valence-corrected chi connectivity index (χ2v) is 7.49. The second kappa shape index (κ2) is 8.89. The number of nitrogens with one attached hydrogen (secondary N) is 1. The normalized spacial score (nSPS) is 19.7. The molecule has 1 saturated carbocycles. The van der Waals surface area contributed by atoms with Gasteiger partial charge < -0.3 is 10.1 Å². The summed E-state index contributed by atoms with van der Waals surface area (Å²) in [6.07, 6.45) is 6.24. The molecule has 1 aliphatic carbocycles. The first-order valence-corrected chi connectivity index (χ1v) is 9.80. The lowest BCUT2D eigenvalue weighted by molar-refractivity contribution is -0.148. The summed E-state index contributed by atoms with van der Waals surface area (Å²) in [5.74, 6) is -0.206. The van der Waals surface area contributed by atoms with Gasteiger partial charge in [0.25, 0.3) is 5.91 Å². The Bertz CT molecular complexity index is 747. The van der Waals surface area contributed by atoms with Crippen LogP contribution in [0.15, 0.2) is 29.8 Å². The van der Waals surface area contributed by atoms with Gasteiger partial charge in [0.05, 0.1) is 17.8 Å². The van der Waals surface area contributed by atoms with Crippen molar-refractivity contribution in [3.05, 3.63) is 35.5 Å². The van der Waals surface area contributed by atoms with Crippen molar-refractivity contribution in [1.82, 2.24) is 15.3 Å². The van der Waals surface area contributed by atoms with Crippen molar-refractivity contribution >= 4 is 23.2 Å². The van der Waals surface area contributed by atoms with Gasteiger partial charge in [0.15, 0.2) is 6.61 Å². The SMILES string of the molecule is CC1CCCCC1NC(=O)COC(=O)Cc1csc(-c2ccccn2)n1. The largest absolute Gasteiger partial charge is 0.455 e. The minimum atomic E-state index is -0.449. The average Bonchev–Trinajstić information content (AvgIpc) is 3.11. The minimum Gasteiger partial charge on any atom is -0.455 e. The summed E-state index contributed by atoms with van der Waals surface area (Å²) in [5.41, 5.74) is 1.40. The van der Waals surface area contributed by atoms with E-state index >= 15 is 0 Å². The van der Waals surface area contributed by atoms with E-state index in [1.165, 1.54) is 17.8 Å². The van der Waals surface area contributed by atoms with E-state index in [1.54, 1.807) is 6.20 Å². The summed E-state index contributed by atoms with van der Waals surface area (Å²) >= 11 is 1.43. The fourth-order valence-corrected chi connectivity index (χ4v) is 3.91. The highest BCUT2D eigenvalue weighted by Crippen LogP contribution is 2.24. The Balaban J connectivity index is 1.44. The van der Waals surface area contributed by atoms with Crippen molar-refractivity contribution < 1.29 is 14.3 Å². The molecular weight excluding hydrogens is 350 g/mol. The van der Waals surface area contributed by atoms with E-state index in [9.17, 15) is 9.59 Å². The van der Waals surface area contributed by atoms with Gasteiger partial charge in [-0.05, 0) is 30.9 Å². The van der Waals surface area contributed by atoms with Crippen LogP contribution in [-0.4, -0.2) is 34.5 Å². The van der Waals surface area contributed by atoms with Crippen molar-refractivity contribution in [3.63, 3.8) is 0 Å². The van der Waals surface area contributed by atoms with Gasteiger partial charge in [0.1, 0.15) is 5.01 Å². The molecular formula is C19H23N3O3S. The highest BCUT2D eigenvalue weighted by Gasteiger charge is 2.23. The van der Waals surface area contributed by atoms with Crippen LogP contribution >= 0.6 is 11.3 Å². The highest BCUT2D eigenvalue weighted by atomic mass is 32.1. The number of hydrogen-bond acceptors (Lipinski definition) is 6. The Hall–Kier alpha value is -2.28. The van der Waals surface area contributed by atoms with Crippen molar-refractivity contribution in [2.24, 2.45) is 5.92 Å². The van der Waals surface area contributed by atoms with Crippen LogP contribution < -0.4 is 5.32 Å². The van der Waals surface area contributed by atoms with Gasteiger partial charge in [-0.3, -0.25) is 14.6 Å². The third kappa shape index (κ3) is 5.11. The zero-order chi connectivity index (χ0) is 18.4. The first-order chi connectivity index (χ1) is 12.6. The van der Waals surface area contributed by atoms with Gasteiger partial charge in [-0.15, -0.1) is 11.3 Å². The van der Waals surface area contributed by atoms with Crippen molar-refractivity contribution in [3.8, 4) is 10.7 Å². The lowest BCUT2D eigenvalue weighted by Gasteiger charge is -2.29. The summed E-state index contributed by atoms with van der Waals surface area (Å²) in [5, 5.41) is 5.55. The molecule has 0 aliphatic heterocycles. The van der Waals surface area contributed by atoms with E-state index in [2.05, 4.69) is 22.2 Å². The molecule has 0 aromatic carbocycles. The van der Waals surface area contributed by atoms with E-state index in [4.69, 9.17) is 4.74 Å². The maximum absolute atomic E-state index is 12.0. The summed E-state index contributed by atoms with van der Waals surface area (Å²) in [6.45, 7) is 1.91. The van der Waals surface area contributed by atoms with Crippen molar-refractivity contribution in [2.45, 2.75) is 45.1 Å². The maximum atomic E-state index is 12.0. The lowest BCUT2D eigenvalue weighted by Crippen LogP contribution is -2.42. The van der Waals surface area contributed by atoms with E-state index in [0.717, 1.165) is 30.0 Å². The standard InChI is InChI=1S/C19H23N3O3S/c1-13-6-2-3-7-15(13)22-17(23)11-25-18(24)10-14-12-26-19(21-14)16-8-4-5-9-20-16/h4-5,8-9,12-13,15H,2-3,6-7,10-11H2,1H3,(H,22,23). The Labute approximate surface area is 157 Å². The number of nitrogens with zero attached hydrogens (tertiary/aromatic N) is 2. The van der Waals surface area contributed by atoms with E-state index < -0.39 is 5.97 Å². The molecule has 1 aliphatic rings. The molecule has 1 N–H and O–H groups in total. The Morgan fingerprint density at radius 3 is 2.92 bits per heavy atom. The molecule has 0 spiro atoms. The van der Waals surface area contributed by atoms with Gasteiger partial charge in [-0.1, -0.05) is 25.8 Å². The highest BCUT2D eigenvalue weighted by molar-refractivity contribution is 7.13. The van der Waals surface area contributed by atoms with Crippen LogP contribution in [0.25, 0.3) is 10.7 Å². The number of esters is 1. The van der Waals surface area contributed by atoms with Crippen LogP contribution in [0, 0.1) is 5.92 Å². The molecule has 2 unspecified atom stereocenters. The Kier molecular flexibility index (Phi) is 6.33. The molecule has 1 amide bonds. The number of carbonyl (C=O) groups excluding carboxylic acids is 2. The van der Waals surface area contributed by atoms with Gasteiger partial charge >= 0.3 is 5.97 Å². The Morgan fingerprint density at radius 2 is 2.15 bits per heavy atom. The molecule has 6 nitrogen and oxygen atoms in total. The minimum absolute atomic E-state index is 0.0520. The summed E-state index contributed by atoms with van der Waals surface area (Å²) in [7, 11) is 0. The molecule has 2 atom stereocenters. The Morgan fingerprint density at radius 1 is 1.31 bits per heavy atom. The van der Waals surface area contributed by atoms with E-state index in [-0.39, 0.29) is 25.0 Å². The number of aromatic nitrogens is 2. The fourth-order valence-electron chi connectivity index (χ4n) is 3.12. The van der Waals surface area contributed by atoms with Crippen LogP contribution in [0.3, 0.4) is 0 Å². The van der Waals surface area contributed by atoms with Gasteiger partial charge in [0.2, 0.25) is 0 Å². The van der Waals surface area contributed by atoms with Crippen LogP contribution in [-0.2, 0) is 20.7 Å². The third-order valence-corrected chi connectivity index (χ3v) is 5.50. The van der Waals surface area contributed by atoms with E-state index in [0.29, 0.717) is 11.6 Å². The van der Waals surface area contributed by atoms with Crippen LogP contribution in [0.4, 0.5) is 0 Å². The van der Waals surface area contributed by atoms with E-state index in [1.807, 2.05) is 23.6 Å². The van der Waals surface area contributed by atoms with Crippen molar-refractivity contribution in [2.75, 3.05) is 6.61 Å². The molecule has 138 valence electrons. The fraction of sp³-hybridized carbons (Fsp3) is 0.474. The van der Waals surface area contributed by atoms with Gasteiger partial charge in [-0.2, -0.15) is 0 Å². The molecule has 2 heterocycles. The smallest absolute Gasteiger partial charge is 0.312 e. The number of ether oxygens (including phenoxy) is 1. The van der Waals surface area contributed by atoms with Crippen LogP contribution in [0.1, 0.15) is 38.3 Å². The number of hydrogen-bond donors (Lipinski definition) is 1. The molecule has 26 heavy (non-hydrogen) atoms. The lowest BCUT2D eigenvalue weighted by atomic mass is 9.86. The molecule has 2 aromatic rings. The summed E-state index contributed by atoms with van der Waals surface area (Å²) < 4.78 is 5.10.